The molecular weight excluding hydrogens is 274 g/mol. The third-order valence-corrected chi connectivity index (χ3v) is 4.56. The van der Waals surface area contributed by atoms with Gasteiger partial charge in [0.15, 0.2) is 0 Å². The summed E-state index contributed by atoms with van der Waals surface area (Å²) in [5.74, 6) is 1.20. The van der Waals surface area contributed by atoms with Gasteiger partial charge in [0, 0.05) is 23.5 Å². The number of hydrogen-bond donors (Lipinski definition) is 3. The van der Waals surface area contributed by atoms with Crippen LogP contribution in [0.2, 0.25) is 0 Å². The van der Waals surface area contributed by atoms with Gasteiger partial charge in [0.05, 0.1) is 5.60 Å². The van der Waals surface area contributed by atoms with Crippen molar-refractivity contribution in [2.75, 3.05) is 5.32 Å². The Labute approximate surface area is 133 Å². The zero-order valence-electron chi connectivity index (χ0n) is 14.0. The summed E-state index contributed by atoms with van der Waals surface area (Å²) in [4.78, 5) is 4.41. The third kappa shape index (κ3) is 4.07. The minimum absolute atomic E-state index is 0.349. The zero-order chi connectivity index (χ0) is 16.2. The van der Waals surface area contributed by atoms with Gasteiger partial charge in [0.25, 0.3) is 0 Å². The summed E-state index contributed by atoms with van der Waals surface area (Å²) in [6.45, 7) is 6.28. The molecule has 122 valence electrons. The zero-order valence-corrected chi connectivity index (χ0v) is 14.0. The van der Waals surface area contributed by atoms with Crippen LogP contribution in [0.4, 0.5) is 5.82 Å². The highest BCUT2D eigenvalue weighted by Gasteiger charge is 2.36. The van der Waals surface area contributed by atoms with Crippen LogP contribution < -0.4 is 5.32 Å². The summed E-state index contributed by atoms with van der Waals surface area (Å²) in [6.07, 6.45) is 6.98. The van der Waals surface area contributed by atoms with Crippen LogP contribution in [-0.2, 0) is 5.60 Å². The Balaban J connectivity index is 1.99. The number of nitrogens with zero attached hydrogens (tertiary/aromatic N) is 1. The Bertz CT molecular complexity index is 488. The van der Waals surface area contributed by atoms with Crippen LogP contribution in [0.5, 0.6) is 0 Å². The number of aromatic nitrogens is 1. The van der Waals surface area contributed by atoms with Crippen molar-refractivity contribution in [1.82, 2.24) is 4.98 Å². The molecule has 0 saturated heterocycles. The minimum atomic E-state index is -0.771. The monoisotopic (exact) mass is 303 g/mol. The van der Waals surface area contributed by atoms with Crippen molar-refractivity contribution >= 4 is 11.5 Å². The van der Waals surface area contributed by atoms with E-state index in [4.69, 9.17) is 5.41 Å². The summed E-state index contributed by atoms with van der Waals surface area (Å²) >= 11 is 0. The summed E-state index contributed by atoms with van der Waals surface area (Å²) in [6, 6.07) is 4.27. The second-order valence-corrected chi connectivity index (χ2v) is 6.81. The molecule has 0 aromatic carbocycles. The van der Waals surface area contributed by atoms with Crippen LogP contribution in [0.3, 0.4) is 0 Å². The van der Waals surface area contributed by atoms with Crippen LogP contribution in [0, 0.1) is 11.3 Å². The summed E-state index contributed by atoms with van der Waals surface area (Å²) in [7, 11) is 0. The van der Waals surface area contributed by atoms with Crippen molar-refractivity contribution in [3.63, 3.8) is 0 Å². The molecule has 0 atom stereocenters. The molecule has 1 fully saturated rings. The molecule has 4 heteroatoms. The first-order chi connectivity index (χ1) is 10.4. The maximum Gasteiger partial charge on any atom is 0.126 e. The second-order valence-electron chi connectivity index (χ2n) is 6.81. The Morgan fingerprint density at radius 2 is 2.09 bits per heavy atom. The van der Waals surface area contributed by atoms with Gasteiger partial charge in [-0.05, 0) is 57.9 Å². The lowest BCUT2D eigenvalue weighted by Gasteiger charge is -2.36. The first-order valence-corrected chi connectivity index (χ1v) is 8.47. The van der Waals surface area contributed by atoms with Gasteiger partial charge in [-0.1, -0.05) is 19.4 Å². The average Bonchev–Trinajstić information content (AvgIpc) is 2.48. The summed E-state index contributed by atoms with van der Waals surface area (Å²) in [5.41, 5.74) is 0.994. The van der Waals surface area contributed by atoms with Crippen molar-refractivity contribution in [3.05, 3.63) is 23.9 Å². The number of hydrogen-bond acceptors (Lipinski definition) is 4. The predicted molar refractivity (Wildman–Crippen MR) is 91.5 cm³/mol. The van der Waals surface area contributed by atoms with Crippen molar-refractivity contribution < 1.29 is 5.11 Å². The van der Waals surface area contributed by atoms with E-state index in [0.29, 0.717) is 12.0 Å². The molecule has 3 N–H and O–H groups in total. The summed E-state index contributed by atoms with van der Waals surface area (Å²) < 4.78 is 0. The third-order valence-electron chi connectivity index (χ3n) is 4.56. The van der Waals surface area contributed by atoms with E-state index < -0.39 is 5.60 Å². The van der Waals surface area contributed by atoms with E-state index in [9.17, 15) is 5.11 Å². The van der Waals surface area contributed by atoms with E-state index in [1.807, 2.05) is 12.1 Å². The molecule has 2 rings (SSSR count). The Morgan fingerprint density at radius 1 is 1.41 bits per heavy atom. The standard InChI is InChI=1S/C18H29N3O/c1-4-5-16(19)14-8-10-18(22,11-9-14)15-6-7-17(20-12-15)21-13(2)3/h6-7,12-14,19,22H,4-5,8-11H2,1-3H3,(H,20,21). The maximum atomic E-state index is 10.9. The van der Waals surface area contributed by atoms with Crippen LogP contribution >= 0.6 is 0 Å². The molecule has 0 radical (unpaired) electrons. The van der Waals surface area contributed by atoms with Gasteiger partial charge < -0.3 is 15.8 Å². The van der Waals surface area contributed by atoms with Gasteiger partial charge in [-0.25, -0.2) is 4.98 Å². The minimum Gasteiger partial charge on any atom is -0.385 e. The Morgan fingerprint density at radius 3 is 2.59 bits per heavy atom. The fourth-order valence-corrected chi connectivity index (χ4v) is 3.26. The molecule has 1 heterocycles. The molecule has 0 amide bonds. The van der Waals surface area contributed by atoms with Crippen LogP contribution in [0.25, 0.3) is 0 Å². The van der Waals surface area contributed by atoms with Gasteiger partial charge in [0.1, 0.15) is 5.82 Å². The molecule has 4 nitrogen and oxygen atoms in total. The molecule has 1 aromatic heterocycles. The molecule has 1 aromatic rings. The normalized spacial score (nSPS) is 25.2. The van der Waals surface area contributed by atoms with E-state index in [1.54, 1.807) is 6.20 Å². The molecule has 0 bridgehead atoms. The first kappa shape index (κ1) is 16.9. The quantitative estimate of drug-likeness (QED) is 0.693. The number of nitrogens with one attached hydrogen (secondary N) is 2. The fourth-order valence-electron chi connectivity index (χ4n) is 3.26. The van der Waals surface area contributed by atoms with Gasteiger partial charge in [-0.15, -0.1) is 0 Å². The van der Waals surface area contributed by atoms with Crippen molar-refractivity contribution in [1.29, 1.82) is 5.41 Å². The summed E-state index contributed by atoms with van der Waals surface area (Å²) in [5, 5.41) is 22.3. The smallest absolute Gasteiger partial charge is 0.126 e. The number of rotatable bonds is 6. The van der Waals surface area contributed by atoms with Crippen LogP contribution in [0.1, 0.15) is 64.9 Å². The largest absolute Gasteiger partial charge is 0.385 e. The van der Waals surface area contributed by atoms with Gasteiger partial charge in [0.2, 0.25) is 0 Å². The lowest BCUT2D eigenvalue weighted by atomic mass is 9.73. The Hall–Kier alpha value is -1.42. The SMILES string of the molecule is CCCC(=N)C1CCC(O)(c2ccc(NC(C)C)nc2)CC1. The lowest BCUT2D eigenvalue weighted by Crippen LogP contribution is -2.33. The number of pyridine rings is 1. The highest BCUT2D eigenvalue weighted by atomic mass is 16.3. The fraction of sp³-hybridized carbons (Fsp3) is 0.667. The molecule has 1 aliphatic carbocycles. The first-order valence-electron chi connectivity index (χ1n) is 8.47. The van der Waals surface area contributed by atoms with Gasteiger partial charge in [-0.2, -0.15) is 0 Å². The lowest BCUT2D eigenvalue weighted by molar-refractivity contribution is -0.00743. The predicted octanol–water partition coefficient (Wildman–Crippen LogP) is 4.10. The molecule has 0 aliphatic heterocycles. The molecule has 22 heavy (non-hydrogen) atoms. The molecule has 1 aliphatic rings. The highest BCUT2D eigenvalue weighted by Crippen LogP contribution is 2.40. The van der Waals surface area contributed by atoms with Crippen molar-refractivity contribution in [3.8, 4) is 0 Å². The molecule has 0 unspecified atom stereocenters. The van der Waals surface area contributed by atoms with E-state index in [2.05, 4.69) is 31.1 Å². The van der Waals surface area contributed by atoms with Crippen LogP contribution in [0.15, 0.2) is 18.3 Å². The van der Waals surface area contributed by atoms with Crippen molar-refractivity contribution in [2.45, 2.75) is 70.9 Å². The van der Waals surface area contributed by atoms with E-state index in [0.717, 1.165) is 55.6 Å². The Kier molecular flexibility index (Phi) is 5.57. The van der Waals surface area contributed by atoms with Crippen LogP contribution in [-0.4, -0.2) is 21.8 Å². The molecular formula is C18H29N3O. The number of anilines is 1. The van der Waals surface area contributed by atoms with Crippen molar-refractivity contribution in [2.24, 2.45) is 5.92 Å². The van der Waals surface area contributed by atoms with Gasteiger partial charge in [-0.3, -0.25) is 0 Å². The second kappa shape index (κ2) is 7.23. The average molecular weight is 303 g/mol. The van der Waals surface area contributed by atoms with E-state index in [-0.39, 0.29) is 0 Å². The van der Waals surface area contributed by atoms with E-state index in [1.165, 1.54) is 0 Å². The number of aliphatic hydroxyl groups is 1. The van der Waals surface area contributed by atoms with Gasteiger partial charge >= 0.3 is 0 Å². The molecule has 0 spiro atoms. The molecule has 1 saturated carbocycles. The maximum absolute atomic E-state index is 10.9. The van der Waals surface area contributed by atoms with E-state index >= 15 is 0 Å². The topological polar surface area (TPSA) is 69.0 Å². The highest BCUT2D eigenvalue weighted by molar-refractivity contribution is 5.83.